The average Bonchev–Trinajstić information content (AvgIpc) is 2.80. The number of rotatable bonds is 4. The molecule has 0 bridgehead atoms. The Kier molecular flexibility index (Phi) is 4.04. The number of nitro benzene ring substituents is 1. The number of aliphatic carboxylic acids is 1. The second-order valence-corrected chi connectivity index (χ2v) is 6.23. The Morgan fingerprint density at radius 2 is 1.88 bits per heavy atom. The van der Waals surface area contributed by atoms with Crippen molar-refractivity contribution in [1.29, 1.82) is 0 Å². The lowest BCUT2D eigenvalue weighted by molar-refractivity contribution is -0.385. The summed E-state index contributed by atoms with van der Waals surface area (Å²) in [4.78, 5) is 47.4. The number of carbonyl (C=O) groups excluding carboxylic acids is 2. The van der Waals surface area contributed by atoms with Gasteiger partial charge in [0.15, 0.2) is 0 Å². The molecule has 0 radical (unpaired) electrons. The maximum Gasteiger partial charge on any atom is 0.306 e. The highest BCUT2D eigenvalue weighted by Gasteiger charge is 2.42. The van der Waals surface area contributed by atoms with Crippen LogP contribution in [0.25, 0.3) is 0 Å². The monoisotopic (exact) mass is 332 g/mol. The molecule has 1 aromatic rings. The number of carboxylic acids is 1. The summed E-state index contributed by atoms with van der Waals surface area (Å²) in [5, 5.41) is 20.1. The van der Waals surface area contributed by atoms with Gasteiger partial charge in [0.1, 0.15) is 5.56 Å². The first-order valence-electron chi connectivity index (χ1n) is 7.76. The normalized spacial score (nSPS) is 23.2. The first kappa shape index (κ1) is 16.1. The number of benzene rings is 1. The smallest absolute Gasteiger partial charge is 0.306 e. The fourth-order valence-corrected chi connectivity index (χ4v) is 3.48. The number of carboxylic acid groups (broad SMARTS) is 1. The van der Waals surface area contributed by atoms with Crippen LogP contribution in [0.2, 0.25) is 0 Å². The zero-order valence-corrected chi connectivity index (χ0v) is 12.8. The summed E-state index contributed by atoms with van der Waals surface area (Å²) in [7, 11) is 0. The van der Waals surface area contributed by atoms with Gasteiger partial charge in [-0.2, -0.15) is 0 Å². The van der Waals surface area contributed by atoms with Gasteiger partial charge in [0.2, 0.25) is 0 Å². The van der Waals surface area contributed by atoms with Gasteiger partial charge in [0.05, 0.1) is 16.4 Å². The summed E-state index contributed by atoms with van der Waals surface area (Å²) in [5.74, 6) is -2.31. The van der Waals surface area contributed by atoms with Crippen LogP contribution < -0.4 is 0 Å². The van der Waals surface area contributed by atoms with Gasteiger partial charge in [0, 0.05) is 12.6 Å². The van der Waals surface area contributed by atoms with E-state index in [2.05, 4.69) is 0 Å². The molecule has 1 aromatic carbocycles. The van der Waals surface area contributed by atoms with Crippen LogP contribution in [-0.4, -0.2) is 39.3 Å². The van der Waals surface area contributed by atoms with Crippen molar-refractivity contribution < 1.29 is 24.4 Å². The molecule has 0 atom stereocenters. The Bertz CT molecular complexity index is 736. The van der Waals surface area contributed by atoms with Gasteiger partial charge >= 0.3 is 5.97 Å². The minimum atomic E-state index is -0.815. The van der Waals surface area contributed by atoms with Gasteiger partial charge in [-0.25, -0.2) is 0 Å². The van der Waals surface area contributed by atoms with E-state index >= 15 is 0 Å². The van der Waals surface area contributed by atoms with Crippen molar-refractivity contribution in [2.75, 3.05) is 6.54 Å². The quantitative estimate of drug-likeness (QED) is 0.512. The third-order valence-corrected chi connectivity index (χ3v) is 4.81. The van der Waals surface area contributed by atoms with Crippen LogP contribution in [-0.2, 0) is 4.79 Å². The van der Waals surface area contributed by atoms with E-state index in [9.17, 15) is 24.5 Å². The van der Waals surface area contributed by atoms with Gasteiger partial charge < -0.3 is 5.11 Å². The van der Waals surface area contributed by atoms with Gasteiger partial charge in [-0.1, -0.05) is 6.07 Å². The lowest BCUT2D eigenvalue weighted by Gasteiger charge is -2.28. The molecule has 2 aliphatic rings. The summed E-state index contributed by atoms with van der Waals surface area (Å²) in [6.07, 6.45) is 2.27. The molecule has 24 heavy (non-hydrogen) atoms. The molecule has 0 spiro atoms. The van der Waals surface area contributed by atoms with Crippen LogP contribution in [0.3, 0.4) is 0 Å². The van der Waals surface area contributed by atoms with Crippen molar-refractivity contribution >= 4 is 23.5 Å². The van der Waals surface area contributed by atoms with E-state index in [4.69, 9.17) is 5.11 Å². The highest BCUT2D eigenvalue weighted by atomic mass is 16.6. The third kappa shape index (κ3) is 2.64. The summed E-state index contributed by atoms with van der Waals surface area (Å²) >= 11 is 0. The van der Waals surface area contributed by atoms with E-state index in [0.29, 0.717) is 25.7 Å². The number of hydrogen-bond acceptors (Lipinski definition) is 5. The third-order valence-electron chi connectivity index (χ3n) is 4.81. The van der Waals surface area contributed by atoms with E-state index < -0.39 is 22.7 Å². The molecule has 2 amide bonds. The minimum Gasteiger partial charge on any atom is -0.481 e. The van der Waals surface area contributed by atoms with Crippen LogP contribution in [0.1, 0.15) is 46.4 Å². The van der Waals surface area contributed by atoms with Gasteiger partial charge in [-0.05, 0) is 37.7 Å². The molecule has 3 rings (SSSR count). The van der Waals surface area contributed by atoms with E-state index in [-0.39, 0.29) is 35.2 Å². The molecular weight excluding hydrogens is 316 g/mol. The fraction of sp³-hybridized carbons (Fsp3) is 0.438. The average molecular weight is 332 g/mol. The van der Waals surface area contributed by atoms with Gasteiger partial charge in [-0.15, -0.1) is 0 Å². The van der Waals surface area contributed by atoms with Gasteiger partial charge in [-0.3, -0.25) is 29.4 Å². The molecule has 8 heteroatoms. The Morgan fingerprint density at radius 3 is 2.46 bits per heavy atom. The van der Waals surface area contributed by atoms with Crippen molar-refractivity contribution in [2.45, 2.75) is 25.7 Å². The molecule has 1 N–H and O–H groups in total. The number of nitro groups is 1. The van der Waals surface area contributed by atoms with Crippen molar-refractivity contribution in [1.82, 2.24) is 4.90 Å². The molecule has 1 heterocycles. The molecule has 0 unspecified atom stereocenters. The number of imide groups is 1. The highest BCUT2D eigenvalue weighted by molar-refractivity contribution is 6.23. The predicted molar refractivity (Wildman–Crippen MR) is 81.5 cm³/mol. The Balaban J connectivity index is 1.76. The zero-order chi connectivity index (χ0) is 17.4. The molecule has 0 aromatic heterocycles. The summed E-state index contributed by atoms with van der Waals surface area (Å²) in [6, 6.07) is 4.03. The number of amides is 2. The van der Waals surface area contributed by atoms with E-state index in [0.717, 1.165) is 4.90 Å². The molecule has 1 fully saturated rings. The first-order valence-corrected chi connectivity index (χ1v) is 7.76. The van der Waals surface area contributed by atoms with E-state index in [1.165, 1.54) is 18.2 Å². The molecule has 1 aliphatic carbocycles. The SMILES string of the molecule is O=C(O)C1CCC(CN2C(=O)c3cccc([N+](=O)[O-])c3C2=O)CC1. The molecule has 126 valence electrons. The first-order chi connectivity index (χ1) is 11.4. The number of nitrogens with zero attached hydrogens (tertiary/aromatic N) is 2. The van der Waals surface area contributed by atoms with Crippen LogP contribution in [0.4, 0.5) is 5.69 Å². The molecule has 8 nitrogen and oxygen atoms in total. The summed E-state index contributed by atoms with van der Waals surface area (Å²) < 4.78 is 0. The standard InChI is InChI=1S/C16H16N2O6/c19-14-11-2-1-3-12(18(23)24)13(11)15(20)17(14)8-9-4-6-10(7-5-9)16(21)22/h1-3,9-10H,4-8H2,(H,21,22). The lowest BCUT2D eigenvalue weighted by atomic mass is 9.82. The summed E-state index contributed by atoms with van der Waals surface area (Å²) in [5.41, 5.74) is -0.442. The highest BCUT2D eigenvalue weighted by Crippen LogP contribution is 2.34. The van der Waals surface area contributed by atoms with E-state index in [1.54, 1.807) is 0 Å². The van der Waals surface area contributed by atoms with Crippen LogP contribution in [0.5, 0.6) is 0 Å². The van der Waals surface area contributed by atoms with E-state index in [1.807, 2.05) is 0 Å². The van der Waals surface area contributed by atoms with Gasteiger partial charge in [0.25, 0.3) is 17.5 Å². The maximum absolute atomic E-state index is 12.5. The molecule has 0 saturated heterocycles. The van der Waals surface area contributed by atoms with Crippen LogP contribution >= 0.6 is 0 Å². The second-order valence-electron chi connectivity index (χ2n) is 6.23. The Morgan fingerprint density at radius 1 is 1.21 bits per heavy atom. The summed E-state index contributed by atoms with van der Waals surface area (Å²) in [6.45, 7) is 0.176. The molecular formula is C16H16N2O6. The topological polar surface area (TPSA) is 118 Å². The Labute approximate surface area is 137 Å². The van der Waals surface area contributed by atoms with Crippen molar-refractivity contribution in [3.63, 3.8) is 0 Å². The number of fused-ring (bicyclic) bond motifs is 1. The molecule has 1 aliphatic heterocycles. The minimum absolute atomic E-state index is 0.0295. The van der Waals surface area contributed by atoms with Crippen molar-refractivity contribution in [2.24, 2.45) is 11.8 Å². The number of hydrogen-bond donors (Lipinski definition) is 1. The zero-order valence-electron chi connectivity index (χ0n) is 12.8. The maximum atomic E-state index is 12.5. The molecule has 1 saturated carbocycles. The number of carbonyl (C=O) groups is 3. The van der Waals surface area contributed by atoms with Crippen LogP contribution in [0.15, 0.2) is 18.2 Å². The fourth-order valence-electron chi connectivity index (χ4n) is 3.48. The van der Waals surface area contributed by atoms with Crippen LogP contribution in [0, 0.1) is 22.0 Å². The van der Waals surface area contributed by atoms with Crippen molar-refractivity contribution in [3.05, 3.63) is 39.4 Å². The predicted octanol–water partition coefficient (Wildman–Crippen LogP) is 2.08. The lowest BCUT2D eigenvalue weighted by Crippen LogP contribution is -2.36. The van der Waals surface area contributed by atoms with Crippen molar-refractivity contribution in [3.8, 4) is 0 Å². The Hall–Kier alpha value is -2.77. The second kappa shape index (κ2) is 6.03. The largest absolute Gasteiger partial charge is 0.481 e.